The summed E-state index contributed by atoms with van der Waals surface area (Å²) in [6, 6.07) is -0.0822. The lowest BCUT2D eigenvalue weighted by molar-refractivity contribution is 0.616. The Labute approximate surface area is 104 Å². The van der Waals surface area contributed by atoms with Crippen molar-refractivity contribution in [2.75, 3.05) is 0 Å². The van der Waals surface area contributed by atoms with Gasteiger partial charge in [0, 0.05) is 18.7 Å². The summed E-state index contributed by atoms with van der Waals surface area (Å²) in [6.45, 7) is 7.70. The van der Waals surface area contributed by atoms with E-state index in [4.69, 9.17) is 11.6 Å². The van der Waals surface area contributed by atoms with E-state index in [1.807, 2.05) is 27.7 Å². The molecule has 92 valence electrons. The molecule has 1 aromatic heterocycles. The fourth-order valence-corrected chi connectivity index (χ4v) is 2.19. The molecule has 0 aliphatic carbocycles. The molecule has 0 aromatic carbocycles. The molecule has 0 saturated heterocycles. The topological polar surface area (TPSA) is 46.9 Å². The number of rotatable bonds is 3. The summed E-state index contributed by atoms with van der Waals surface area (Å²) in [4.78, 5) is 0. The van der Waals surface area contributed by atoms with Crippen molar-refractivity contribution in [3.05, 3.63) is 16.9 Å². The average molecular weight is 264 g/mol. The van der Waals surface area contributed by atoms with Gasteiger partial charge in [0.1, 0.15) is 5.15 Å². The van der Waals surface area contributed by atoms with Gasteiger partial charge in [0.2, 0.25) is 0 Å². The zero-order valence-electron chi connectivity index (χ0n) is 10.2. The van der Waals surface area contributed by atoms with Crippen LogP contribution in [0, 0.1) is 0 Å². The molecule has 6 heteroatoms. The highest BCUT2D eigenvalue weighted by atomic mass is 35.5. The van der Waals surface area contributed by atoms with Crippen LogP contribution in [0.5, 0.6) is 0 Å². The van der Waals surface area contributed by atoms with Crippen molar-refractivity contribution < 1.29 is 4.21 Å². The Kier molecular flexibility index (Phi) is 4.15. The van der Waals surface area contributed by atoms with E-state index in [1.165, 1.54) is 0 Å². The molecule has 0 amide bonds. The van der Waals surface area contributed by atoms with Crippen LogP contribution < -0.4 is 4.72 Å². The molecule has 1 N–H and O–H groups in total. The van der Waals surface area contributed by atoms with Crippen molar-refractivity contribution in [1.29, 1.82) is 0 Å². The summed E-state index contributed by atoms with van der Waals surface area (Å²) in [7, 11) is 0.664. The average Bonchev–Trinajstić information content (AvgIpc) is 2.46. The fraction of sp³-hybridized carbons (Fsp3) is 0.700. The van der Waals surface area contributed by atoms with E-state index in [-0.39, 0.29) is 10.8 Å². The van der Waals surface area contributed by atoms with Gasteiger partial charge in [-0.2, -0.15) is 5.10 Å². The van der Waals surface area contributed by atoms with E-state index in [0.29, 0.717) is 5.15 Å². The zero-order valence-corrected chi connectivity index (χ0v) is 11.8. The van der Waals surface area contributed by atoms with Gasteiger partial charge < -0.3 is 0 Å². The van der Waals surface area contributed by atoms with Crippen molar-refractivity contribution >= 4 is 22.6 Å². The van der Waals surface area contributed by atoms with Crippen molar-refractivity contribution in [2.45, 2.75) is 38.5 Å². The van der Waals surface area contributed by atoms with Gasteiger partial charge in [-0.15, -0.1) is 0 Å². The molecule has 0 saturated carbocycles. The van der Waals surface area contributed by atoms with E-state index in [9.17, 15) is 4.21 Å². The second-order valence-electron chi connectivity index (χ2n) is 4.73. The van der Waals surface area contributed by atoms with E-state index >= 15 is 0 Å². The molecular weight excluding hydrogens is 246 g/mol. The summed E-state index contributed by atoms with van der Waals surface area (Å²) in [5.41, 5.74) is 0.863. The lowest BCUT2D eigenvalue weighted by Crippen LogP contribution is -2.34. The second-order valence-corrected chi connectivity index (χ2v) is 7.09. The molecule has 0 radical (unpaired) electrons. The van der Waals surface area contributed by atoms with E-state index in [1.54, 1.807) is 17.9 Å². The highest BCUT2D eigenvalue weighted by molar-refractivity contribution is 7.84. The minimum Gasteiger partial charge on any atom is -0.257 e. The Morgan fingerprint density at radius 3 is 2.50 bits per heavy atom. The van der Waals surface area contributed by atoms with Crippen molar-refractivity contribution in [2.24, 2.45) is 7.05 Å². The molecule has 0 fully saturated rings. The lowest BCUT2D eigenvalue weighted by atomic mass is 10.2. The Morgan fingerprint density at radius 1 is 1.56 bits per heavy atom. The van der Waals surface area contributed by atoms with Crippen LogP contribution in [0.25, 0.3) is 0 Å². The standard InChI is InChI=1S/C10H18ClN3OS/c1-7(13-16(15)10(2,3)4)8-6-12-14(5)9(8)11/h6-7,13H,1-5H3/t7-,16+/m0/s1. The van der Waals surface area contributed by atoms with Crippen LogP contribution >= 0.6 is 11.6 Å². The largest absolute Gasteiger partial charge is 0.257 e. The molecule has 2 atom stereocenters. The third kappa shape index (κ3) is 3.06. The molecule has 0 aliphatic rings. The number of halogens is 1. The maximum atomic E-state index is 11.9. The first-order valence-electron chi connectivity index (χ1n) is 5.09. The minimum atomic E-state index is -1.11. The quantitative estimate of drug-likeness (QED) is 0.909. The summed E-state index contributed by atoms with van der Waals surface area (Å²) in [6.07, 6.45) is 1.69. The van der Waals surface area contributed by atoms with Gasteiger partial charge in [-0.25, -0.2) is 8.93 Å². The summed E-state index contributed by atoms with van der Waals surface area (Å²) >= 11 is 6.06. The normalized spacial score (nSPS) is 16.1. The zero-order chi connectivity index (χ0) is 12.5. The van der Waals surface area contributed by atoms with Gasteiger partial charge >= 0.3 is 0 Å². The Morgan fingerprint density at radius 2 is 2.12 bits per heavy atom. The first-order valence-corrected chi connectivity index (χ1v) is 6.61. The highest BCUT2D eigenvalue weighted by Crippen LogP contribution is 2.23. The number of aromatic nitrogens is 2. The minimum absolute atomic E-state index is 0.0822. The second kappa shape index (κ2) is 4.85. The predicted octanol–water partition coefficient (Wildman–Crippen LogP) is 2.19. The molecule has 4 nitrogen and oxygen atoms in total. The summed E-state index contributed by atoms with van der Waals surface area (Å²) in [5.74, 6) is 0. The van der Waals surface area contributed by atoms with Crippen molar-refractivity contribution in [3.8, 4) is 0 Å². The fourth-order valence-electron chi connectivity index (χ4n) is 1.13. The molecule has 0 aliphatic heterocycles. The first-order chi connectivity index (χ1) is 7.23. The van der Waals surface area contributed by atoms with Crippen LogP contribution in [-0.4, -0.2) is 18.7 Å². The van der Waals surface area contributed by atoms with Gasteiger partial charge in [0.15, 0.2) is 0 Å². The van der Waals surface area contributed by atoms with Gasteiger partial charge in [-0.1, -0.05) is 11.6 Å². The van der Waals surface area contributed by atoms with Gasteiger partial charge in [0.25, 0.3) is 0 Å². The van der Waals surface area contributed by atoms with Crippen LogP contribution in [0.15, 0.2) is 6.20 Å². The predicted molar refractivity (Wildman–Crippen MR) is 67.7 cm³/mol. The maximum Gasteiger partial charge on any atom is 0.131 e. The molecule has 0 spiro atoms. The van der Waals surface area contributed by atoms with E-state index in [0.717, 1.165) is 5.56 Å². The Balaban J connectivity index is 2.77. The molecular formula is C10H18ClN3OS. The van der Waals surface area contributed by atoms with Crippen LogP contribution in [-0.2, 0) is 18.0 Å². The number of hydrogen-bond donors (Lipinski definition) is 1. The third-order valence-electron chi connectivity index (χ3n) is 2.20. The summed E-state index contributed by atoms with van der Waals surface area (Å²) < 4.78 is 16.2. The SMILES string of the molecule is C[C@H](N[S@](=O)C(C)(C)C)c1cnn(C)c1Cl. The third-order valence-corrected chi connectivity index (χ3v) is 4.34. The summed E-state index contributed by atoms with van der Waals surface area (Å²) in [5, 5.41) is 4.63. The first kappa shape index (κ1) is 13.7. The number of aryl methyl sites for hydroxylation is 1. The van der Waals surface area contributed by atoms with Gasteiger partial charge in [0.05, 0.1) is 21.9 Å². The van der Waals surface area contributed by atoms with E-state index < -0.39 is 11.0 Å². The number of nitrogens with one attached hydrogen (secondary N) is 1. The Hall–Kier alpha value is -0.390. The number of hydrogen-bond acceptors (Lipinski definition) is 2. The van der Waals surface area contributed by atoms with Crippen molar-refractivity contribution in [3.63, 3.8) is 0 Å². The molecule has 16 heavy (non-hydrogen) atoms. The van der Waals surface area contributed by atoms with Gasteiger partial charge in [-0.3, -0.25) is 4.68 Å². The smallest absolute Gasteiger partial charge is 0.131 e. The van der Waals surface area contributed by atoms with Crippen LogP contribution in [0.2, 0.25) is 5.15 Å². The maximum absolute atomic E-state index is 11.9. The monoisotopic (exact) mass is 263 g/mol. The lowest BCUT2D eigenvalue weighted by Gasteiger charge is -2.21. The molecule has 1 aromatic rings. The highest BCUT2D eigenvalue weighted by Gasteiger charge is 2.23. The Bertz CT molecular complexity index is 397. The van der Waals surface area contributed by atoms with Crippen LogP contribution in [0.4, 0.5) is 0 Å². The van der Waals surface area contributed by atoms with Crippen LogP contribution in [0.1, 0.15) is 39.3 Å². The van der Waals surface area contributed by atoms with E-state index in [2.05, 4.69) is 9.82 Å². The van der Waals surface area contributed by atoms with Crippen molar-refractivity contribution in [1.82, 2.24) is 14.5 Å². The molecule has 0 unspecified atom stereocenters. The van der Waals surface area contributed by atoms with Crippen LogP contribution in [0.3, 0.4) is 0 Å². The molecule has 1 rings (SSSR count). The van der Waals surface area contributed by atoms with Gasteiger partial charge in [-0.05, 0) is 27.7 Å². The molecule has 0 bridgehead atoms. The number of nitrogens with zero attached hydrogens (tertiary/aromatic N) is 2. The molecule has 1 heterocycles.